The fraction of sp³-hybridized carbons (Fsp3) is 0.923. The van der Waals surface area contributed by atoms with E-state index in [-0.39, 0.29) is 0 Å². The predicted octanol–water partition coefficient (Wildman–Crippen LogP) is -0.557. The molecule has 2 rings (SSSR count). The summed E-state index contributed by atoms with van der Waals surface area (Å²) in [6, 6.07) is 0.944. The summed E-state index contributed by atoms with van der Waals surface area (Å²) in [4.78, 5) is 18.9. The minimum absolute atomic E-state index is 0.295. The SMILES string of the molecule is CC1CN(CC(=O)N2CCN(C)CC2)C(C)CN1. The molecule has 2 saturated heterocycles. The molecule has 0 aromatic carbocycles. The number of piperazine rings is 2. The van der Waals surface area contributed by atoms with Crippen molar-refractivity contribution in [2.24, 2.45) is 0 Å². The standard InChI is InChI=1S/C13H26N4O/c1-11-9-17(12(2)8-14-11)10-13(18)16-6-4-15(3)5-7-16/h11-12,14H,4-10H2,1-3H3. The third-order valence-electron chi connectivity index (χ3n) is 4.09. The van der Waals surface area contributed by atoms with E-state index in [0.29, 0.717) is 24.5 Å². The summed E-state index contributed by atoms with van der Waals surface area (Å²) in [5, 5.41) is 3.45. The first kappa shape index (κ1) is 13.8. The molecule has 0 aliphatic carbocycles. The first-order valence-corrected chi connectivity index (χ1v) is 7.00. The van der Waals surface area contributed by atoms with E-state index in [9.17, 15) is 4.79 Å². The molecule has 0 saturated carbocycles. The summed E-state index contributed by atoms with van der Waals surface area (Å²) in [6.07, 6.45) is 0. The fourth-order valence-electron chi connectivity index (χ4n) is 2.65. The van der Waals surface area contributed by atoms with E-state index >= 15 is 0 Å². The Bertz CT molecular complexity index is 289. The van der Waals surface area contributed by atoms with Gasteiger partial charge in [-0.05, 0) is 20.9 Å². The van der Waals surface area contributed by atoms with Gasteiger partial charge in [-0.25, -0.2) is 0 Å². The zero-order valence-corrected chi connectivity index (χ0v) is 11.9. The van der Waals surface area contributed by atoms with E-state index in [1.54, 1.807) is 0 Å². The van der Waals surface area contributed by atoms with Gasteiger partial charge in [-0.3, -0.25) is 9.69 Å². The van der Waals surface area contributed by atoms with Crippen LogP contribution in [0.25, 0.3) is 0 Å². The van der Waals surface area contributed by atoms with Crippen molar-refractivity contribution in [3.63, 3.8) is 0 Å². The van der Waals surface area contributed by atoms with Crippen LogP contribution in [0.4, 0.5) is 0 Å². The molecule has 0 spiro atoms. The summed E-state index contributed by atoms with van der Waals surface area (Å²) < 4.78 is 0. The molecule has 18 heavy (non-hydrogen) atoms. The Morgan fingerprint density at radius 1 is 1.22 bits per heavy atom. The van der Waals surface area contributed by atoms with Crippen molar-refractivity contribution in [1.29, 1.82) is 0 Å². The first-order chi connectivity index (χ1) is 8.56. The summed E-state index contributed by atoms with van der Waals surface area (Å²) in [5.74, 6) is 0.295. The maximum absolute atomic E-state index is 12.3. The van der Waals surface area contributed by atoms with Gasteiger partial charge < -0.3 is 15.1 Å². The second kappa shape index (κ2) is 5.99. The summed E-state index contributed by atoms with van der Waals surface area (Å²) >= 11 is 0. The summed E-state index contributed by atoms with van der Waals surface area (Å²) in [7, 11) is 2.11. The number of hydrogen-bond acceptors (Lipinski definition) is 4. The van der Waals surface area contributed by atoms with Gasteiger partial charge in [0.05, 0.1) is 6.54 Å². The first-order valence-electron chi connectivity index (χ1n) is 7.00. The van der Waals surface area contributed by atoms with Crippen LogP contribution in [0.3, 0.4) is 0 Å². The molecule has 2 heterocycles. The average Bonchev–Trinajstić information content (AvgIpc) is 2.34. The number of likely N-dealkylation sites (N-methyl/N-ethyl adjacent to an activating group) is 1. The van der Waals surface area contributed by atoms with Gasteiger partial charge in [-0.2, -0.15) is 0 Å². The van der Waals surface area contributed by atoms with Crippen molar-refractivity contribution in [1.82, 2.24) is 20.0 Å². The molecule has 0 bridgehead atoms. The van der Waals surface area contributed by atoms with Gasteiger partial charge in [0.1, 0.15) is 0 Å². The maximum atomic E-state index is 12.3. The molecule has 1 N–H and O–H groups in total. The van der Waals surface area contributed by atoms with Crippen LogP contribution < -0.4 is 5.32 Å². The van der Waals surface area contributed by atoms with Crippen LogP contribution in [0.2, 0.25) is 0 Å². The molecule has 5 heteroatoms. The topological polar surface area (TPSA) is 38.8 Å². The Morgan fingerprint density at radius 3 is 2.56 bits per heavy atom. The Morgan fingerprint density at radius 2 is 1.89 bits per heavy atom. The summed E-state index contributed by atoms with van der Waals surface area (Å²) in [6.45, 7) is 10.7. The van der Waals surface area contributed by atoms with Crippen molar-refractivity contribution in [2.75, 3.05) is 52.9 Å². The molecule has 2 atom stereocenters. The molecule has 1 amide bonds. The molecule has 2 fully saturated rings. The van der Waals surface area contributed by atoms with E-state index < -0.39 is 0 Å². The van der Waals surface area contributed by atoms with Crippen LogP contribution in [0.5, 0.6) is 0 Å². The number of rotatable bonds is 2. The lowest BCUT2D eigenvalue weighted by Gasteiger charge is -2.39. The molecule has 5 nitrogen and oxygen atoms in total. The van der Waals surface area contributed by atoms with Crippen LogP contribution in [0, 0.1) is 0 Å². The van der Waals surface area contributed by atoms with Crippen molar-refractivity contribution in [2.45, 2.75) is 25.9 Å². The van der Waals surface area contributed by atoms with Gasteiger partial charge >= 0.3 is 0 Å². The van der Waals surface area contributed by atoms with E-state index in [1.807, 2.05) is 4.90 Å². The number of hydrogen-bond donors (Lipinski definition) is 1. The van der Waals surface area contributed by atoms with Crippen LogP contribution in [-0.2, 0) is 4.79 Å². The van der Waals surface area contributed by atoms with E-state index in [2.05, 4.69) is 36.0 Å². The van der Waals surface area contributed by atoms with E-state index in [4.69, 9.17) is 0 Å². The van der Waals surface area contributed by atoms with Crippen molar-refractivity contribution < 1.29 is 4.79 Å². The highest BCUT2D eigenvalue weighted by Crippen LogP contribution is 2.08. The quantitative estimate of drug-likeness (QED) is 0.717. The Labute approximate surface area is 110 Å². The fourth-order valence-corrected chi connectivity index (χ4v) is 2.65. The van der Waals surface area contributed by atoms with Gasteiger partial charge in [0.25, 0.3) is 0 Å². The maximum Gasteiger partial charge on any atom is 0.236 e. The molecule has 2 aliphatic heterocycles. The number of amides is 1. The normalized spacial score (nSPS) is 31.6. The highest BCUT2D eigenvalue weighted by atomic mass is 16.2. The van der Waals surface area contributed by atoms with Crippen molar-refractivity contribution in [3.05, 3.63) is 0 Å². The lowest BCUT2D eigenvalue weighted by molar-refractivity contribution is -0.134. The lowest BCUT2D eigenvalue weighted by Crippen LogP contribution is -2.57. The third-order valence-corrected chi connectivity index (χ3v) is 4.09. The van der Waals surface area contributed by atoms with Crippen molar-refractivity contribution >= 4 is 5.91 Å². The molecular weight excluding hydrogens is 228 g/mol. The predicted molar refractivity (Wildman–Crippen MR) is 72.6 cm³/mol. The minimum atomic E-state index is 0.295. The Kier molecular flexibility index (Phi) is 4.59. The average molecular weight is 254 g/mol. The van der Waals surface area contributed by atoms with Crippen LogP contribution in [0.1, 0.15) is 13.8 Å². The zero-order chi connectivity index (χ0) is 13.1. The highest BCUT2D eigenvalue weighted by molar-refractivity contribution is 5.78. The summed E-state index contributed by atoms with van der Waals surface area (Å²) in [5.41, 5.74) is 0. The molecule has 104 valence electrons. The molecule has 0 aromatic heterocycles. The largest absolute Gasteiger partial charge is 0.339 e. The second-order valence-corrected chi connectivity index (χ2v) is 5.77. The van der Waals surface area contributed by atoms with Gasteiger partial charge in [0.2, 0.25) is 5.91 Å². The van der Waals surface area contributed by atoms with Gasteiger partial charge in [0, 0.05) is 51.4 Å². The lowest BCUT2D eigenvalue weighted by atomic mass is 10.1. The number of carbonyl (C=O) groups is 1. The molecule has 0 aromatic rings. The second-order valence-electron chi connectivity index (χ2n) is 5.77. The van der Waals surface area contributed by atoms with Gasteiger partial charge in [0.15, 0.2) is 0 Å². The van der Waals surface area contributed by atoms with Crippen LogP contribution >= 0.6 is 0 Å². The highest BCUT2D eigenvalue weighted by Gasteiger charge is 2.27. The van der Waals surface area contributed by atoms with E-state index in [0.717, 1.165) is 39.3 Å². The molecule has 0 radical (unpaired) electrons. The minimum Gasteiger partial charge on any atom is -0.339 e. The van der Waals surface area contributed by atoms with Gasteiger partial charge in [-0.1, -0.05) is 0 Å². The molecule has 2 aliphatic rings. The van der Waals surface area contributed by atoms with Crippen LogP contribution in [0.15, 0.2) is 0 Å². The number of nitrogens with one attached hydrogen (secondary N) is 1. The van der Waals surface area contributed by atoms with E-state index in [1.165, 1.54) is 0 Å². The smallest absolute Gasteiger partial charge is 0.236 e. The third kappa shape index (κ3) is 3.43. The van der Waals surface area contributed by atoms with Gasteiger partial charge in [-0.15, -0.1) is 0 Å². The zero-order valence-electron chi connectivity index (χ0n) is 11.9. The number of nitrogens with zero attached hydrogens (tertiary/aromatic N) is 3. The van der Waals surface area contributed by atoms with Crippen LogP contribution in [-0.4, -0.2) is 85.6 Å². The molecule has 2 unspecified atom stereocenters. The number of carbonyl (C=O) groups excluding carboxylic acids is 1. The monoisotopic (exact) mass is 254 g/mol. The Balaban J connectivity index is 1.82. The van der Waals surface area contributed by atoms with Crippen molar-refractivity contribution in [3.8, 4) is 0 Å². The Hall–Kier alpha value is -0.650. The molecular formula is C13H26N4O.